The molecule has 0 N–H and O–H groups in total. The molecule has 4 nitrogen and oxygen atoms in total. The van der Waals surface area contributed by atoms with E-state index in [1.165, 1.54) is 0 Å². The van der Waals surface area contributed by atoms with Gasteiger partial charge in [0.1, 0.15) is 17.3 Å². The van der Waals surface area contributed by atoms with Crippen molar-refractivity contribution < 1.29 is 18.8 Å². The molecule has 0 radical (unpaired) electrons. The van der Waals surface area contributed by atoms with Gasteiger partial charge >= 0.3 is 5.97 Å². The van der Waals surface area contributed by atoms with Crippen LogP contribution >= 0.6 is 0 Å². The van der Waals surface area contributed by atoms with Gasteiger partial charge in [0.2, 0.25) is 0 Å². The SMILES string of the molecule is CC(C)(C)[Si](C)(C)OC[C@@H]1C[C@@]2(CCCC2=O)C(=O)O1. The van der Waals surface area contributed by atoms with Crippen LogP contribution in [-0.4, -0.2) is 32.8 Å². The minimum atomic E-state index is -1.84. The number of carbonyl (C=O) groups is 2. The fraction of sp³-hybridized carbons (Fsp3) is 0.867. The number of hydrogen-bond acceptors (Lipinski definition) is 4. The Labute approximate surface area is 122 Å². The van der Waals surface area contributed by atoms with Gasteiger partial charge in [0, 0.05) is 12.8 Å². The van der Waals surface area contributed by atoms with Crippen LogP contribution in [0.15, 0.2) is 0 Å². The normalized spacial score (nSPS) is 31.1. The first-order valence-corrected chi connectivity index (χ1v) is 10.4. The molecular weight excluding hydrogens is 272 g/mol. The number of cyclic esters (lactones) is 1. The van der Waals surface area contributed by atoms with Crippen molar-refractivity contribution in [1.82, 2.24) is 0 Å². The topological polar surface area (TPSA) is 52.6 Å². The summed E-state index contributed by atoms with van der Waals surface area (Å²) in [4.78, 5) is 24.0. The number of ketones is 1. The highest BCUT2D eigenvalue weighted by Gasteiger charge is 2.56. The van der Waals surface area contributed by atoms with E-state index in [-0.39, 0.29) is 22.9 Å². The van der Waals surface area contributed by atoms with Gasteiger partial charge in [0.25, 0.3) is 0 Å². The van der Waals surface area contributed by atoms with Crippen LogP contribution in [0.1, 0.15) is 46.5 Å². The first kappa shape index (κ1) is 15.7. The van der Waals surface area contributed by atoms with E-state index in [9.17, 15) is 9.59 Å². The molecule has 0 amide bonds. The van der Waals surface area contributed by atoms with E-state index in [0.29, 0.717) is 25.9 Å². The predicted molar refractivity (Wildman–Crippen MR) is 78.9 cm³/mol. The number of ether oxygens (including phenoxy) is 1. The Balaban J connectivity index is 1.97. The fourth-order valence-corrected chi connectivity index (χ4v) is 3.79. The second-order valence-electron chi connectivity index (χ2n) is 7.66. The van der Waals surface area contributed by atoms with Gasteiger partial charge < -0.3 is 9.16 Å². The van der Waals surface area contributed by atoms with Crippen molar-refractivity contribution in [3.05, 3.63) is 0 Å². The zero-order valence-corrected chi connectivity index (χ0v) is 14.2. The van der Waals surface area contributed by atoms with Gasteiger partial charge in [-0.3, -0.25) is 9.59 Å². The maximum atomic E-state index is 12.1. The maximum Gasteiger partial charge on any atom is 0.320 e. The number of esters is 1. The third kappa shape index (κ3) is 2.57. The highest BCUT2D eigenvalue weighted by molar-refractivity contribution is 6.74. The van der Waals surface area contributed by atoms with Crippen LogP contribution in [0.2, 0.25) is 18.1 Å². The highest BCUT2D eigenvalue weighted by Crippen LogP contribution is 2.45. The van der Waals surface area contributed by atoms with Gasteiger partial charge in [0.05, 0.1) is 6.61 Å². The molecule has 1 aliphatic carbocycles. The van der Waals surface area contributed by atoms with Crippen LogP contribution in [-0.2, 0) is 18.8 Å². The van der Waals surface area contributed by atoms with Crippen molar-refractivity contribution in [2.24, 2.45) is 5.41 Å². The molecule has 0 aromatic heterocycles. The Bertz CT molecular complexity index is 424. The van der Waals surface area contributed by atoms with E-state index < -0.39 is 13.7 Å². The Hall–Kier alpha value is -0.683. The predicted octanol–water partition coefficient (Wildman–Crippen LogP) is 3.06. The Kier molecular flexibility index (Phi) is 3.88. The smallest absolute Gasteiger partial charge is 0.320 e. The molecule has 2 aliphatic rings. The second-order valence-corrected chi connectivity index (χ2v) is 12.5. The molecule has 5 heteroatoms. The van der Waals surface area contributed by atoms with E-state index in [1.807, 2.05) is 0 Å². The van der Waals surface area contributed by atoms with Crippen LogP contribution in [0.25, 0.3) is 0 Å². The van der Waals surface area contributed by atoms with Crippen LogP contribution in [0.3, 0.4) is 0 Å². The fourth-order valence-electron chi connectivity index (χ4n) is 2.75. The first-order valence-electron chi connectivity index (χ1n) is 7.47. The van der Waals surface area contributed by atoms with Crippen molar-refractivity contribution >= 4 is 20.1 Å². The van der Waals surface area contributed by atoms with Gasteiger partial charge in [0.15, 0.2) is 8.32 Å². The number of hydrogen-bond donors (Lipinski definition) is 0. The van der Waals surface area contributed by atoms with Gasteiger partial charge in [-0.05, 0) is 31.0 Å². The lowest BCUT2D eigenvalue weighted by atomic mass is 9.82. The lowest BCUT2D eigenvalue weighted by Crippen LogP contribution is -2.42. The average molecular weight is 298 g/mol. The summed E-state index contributed by atoms with van der Waals surface area (Å²) in [6, 6.07) is 0. The molecule has 0 unspecified atom stereocenters. The van der Waals surface area contributed by atoms with Crippen LogP contribution in [0, 0.1) is 5.41 Å². The monoisotopic (exact) mass is 298 g/mol. The van der Waals surface area contributed by atoms with Gasteiger partial charge in [-0.1, -0.05) is 20.8 Å². The molecule has 114 valence electrons. The van der Waals surface area contributed by atoms with E-state index in [2.05, 4.69) is 33.9 Å². The van der Waals surface area contributed by atoms with Crippen molar-refractivity contribution in [3.8, 4) is 0 Å². The number of Topliss-reactive ketones (excluding diaryl/α,β-unsaturated/α-hetero) is 1. The minimum Gasteiger partial charge on any atom is -0.459 e. The quantitative estimate of drug-likeness (QED) is 0.456. The maximum absolute atomic E-state index is 12.1. The third-order valence-corrected chi connectivity index (χ3v) is 9.72. The molecule has 0 bridgehead atoms. The summed E-state index contributed by atoms with van der Waals surface area (Å²) in [7, 11) is -1.84. The van der Waals surface area contributed by atoms with E-state index in [0.717, 1.165) is 6.42 Å². The first-order chi connectivity index (χ1) is 9.08. The summed E-state index contributed by atoms with van der Waals surface area (Å²) in [5, 5.41) is 0.135. The van der Waals surface area contributed by atoms with Crippen LogP contribution in [0.5, 0.6) is 0 Å². The zero-order chi connectivity index (χ0) is 15.2. The molecule has 1 aliphatic heterocycles. The molecule has 2 fully saturated rings. The summed E-state index contributed by atoms with van der Waals surface area (Å²) in [6.45, 7) is 11.3. The molecule has 2 rings (SSSR count). The molecular formula is C15H26O4Si. The summed E-state index contributed by atoms with van der Waals surface area (Å²) in [5.74, 6) is -0.249. The average Bonchev–Trinajstić information content (AvgIpc) is 2.82. The van der Waals surface area contributed by atoms with E-state index in [1.54, 1.807) is 0 Å². The van der Waals surface area contributed by atoms with Gasteiger partial charge in [-0.25, -0.2) is 0 Å². The van der Waals surface area contributed by atoms with Crippen molar-refractivity contribution in [3.63, 3.8) is 0 Å². The third-order valence-electron chi connectivity index (χ3n) is 5.22. The Morgan fingerprint density at radius 1 is 1.35 bits per heavy atom. The van der Waals surface area contributed by atoms with E-state index >= 15 is 0 Å². The minimum absolute atomic E-state index is 0.0670. The summed E-state index contributed by atoms with van der Waals surface area (Å²) in [5.41, 5.74) is -0.832. The molecule has 1 saturated carbocycles. The zero-order valence-electron chi connectivity index (χ0n) is 13.2. The lowest BCUT2D eigenvalue weighted by Gasteiger charge is -2.36. The van der Waals surface area contributed by atoms with Crippen molar-refractivity contribution in [2.75, 3.05) is 6.61 Å². The van der Waals surface area contributed by atoms with Crippen LogP contribution in [0.4, 0.5) is 0 Å². The molecule has 20 heavy (non-hydrogen) atoms. The van der Waals surface area contributed by atoms with Crippen molar-refractivity contribution in [1.29, 1.82) is 0 Å². The molecule has 1 spiro atoms. The largest absolute Gasteiger partial charge is 0.459 e. The van der Waals surface area contributed by atoms with Gasteiger partial charge in [-0.2, -0.15) is 0 Å². The Morgan fingerprint density at radius 2 is 2.00 bits per heavy atom. The lowest BCUT2D eigenvalue weighted by molar-refractivity contribution is -0.152. The molecule has 0 aromatic rings. The second kappa shape index (κ2) is 4.95. The molecule has 1 saturated heterocycles. The van der Waals surface area contributed by atoms with E-state index in [4.69, 9.17) is 9.16 Å². The van der Waals surface area contributed by atoms with Crippen molar-refractivity contribution in [2.45, 2.75) is 70.7 Å². The highest BCUT2D eigenvalue weighted by atomic mass is 28.4. The summed E-state index contributed by atoms with van der Waals surface area (Å²) < 4.78 is 11.5. The molecule has 2 atom stereocenters. The number of rotatable bonds is 3. The summed E-state index contributed by atoms with van der Waals surface area (Å²) >= 11 is 0. The number of carbonyl (C=O) groups excluding carboxylic acids is 2. The summed E-state index contributed by atoms with van der Waals surface area (Å²) in [6.07, 6.45) is 2.24. The van der Waals surface area contributed by atoms with Crippen LogP contribution < -0.4 is 0 Å². The molecule has 0 aromatic carbocycles. The Morgan fingerprint density at radius 3 is 2.50 bits per heavy atom. The van der Waals surface area contributed by atoms with Gasteiger partial charge in [-0.15, -0.1) is 0 Å². The molecule has 1 heterocycles. The standard InChI is InChI=1S/C15H26O4Si/c1-14(2,3)20(4,5)18-10-11-9-15(13(17)19-11)8-6-7-12(15)16/h11H,6-10H2,1-5H3/t11-,15+/m0/s1.